The minimum absolute atomic E-state index is 0.119. The topological polar surface area (TPSA) is 64.6 Å². The van der Waals surface area contributed by atoms with Crippen LogP contribution in [0.25, 0.3) is 0 Å². The molecule has 33 heavy (non-hydrogen) atoms. The van der Waals surface area contributed by atoms with Gasteiger partial charge in [0, 0.05) is 54.7 Å². The van der Waals surface area contributed by atoms with Gasteiger partial charge in [-0.3, -0.25) is 0 Å². The van der Waals surface area contributed by atoms with Crippen LogP contribution in [0.3, 0.4) is 0 Å². The zero-order valence-electron chi connectivity index (χ0n) is 22.8. The first-order valence-corrected chi connectivity index (χ1v) is 16.6. The zero-order valence-corrected chi connectivity index (χ0v) is 24.8. The highest BCUT2D eigenvalue weighted by atomic mass is 28.4. The van der Waals surface area contributed by atoms with E-state index < -0.39 is 22.5 Å². The average Bonchev–Trinajstić information content (AvgIpc) is 2.87. The molecule has 0 N–H and O–H groups in total. The van der Waals surface area contributed by atoms with Gasteiger partial charge in [0.2, 0.25) is 5.41 Å². The Labute approximate surface area is 205 Å². The molecule has 2 fully saturated rings. The van der Waals surface area contributed by atoms with E-state index in [9.17, 15) is 0 Å². The van der Waals surface area contributed by atoms with E-state index in [1.165, 1.54) is 12.8 Å². The largest absolute Gasteiger partial charge is 0.399 e. The first-order chi connectivity index (χ1) is 15.9. The molecule has 198 valence electrons. The van der Waals surface area contributed by atoms with E-state index in [1.54, 1.807) is 28.4 Å². The summed E-state index contributed by atoms with van der Waals surface area (Å²) in [4.78, 5) is 0. The van der Waals surface area contributed by atoms with Gasteiger partial charge < -0.3 is 31.9 Å². The fourth-order valence-corrected chi connectivity index (χ4v) is 13.3. The lowest BCUT2D eigenvalue weighted by atomic mass is 10.1. The second-order valence-corrected chi connectivity index (χ2v) is 15.2. The molecule has 0 amide bonds. The Kier molecular flexibility index (Phi) is 16.5. The molecule has 9 heteroatoms. The Morgan fingerprint density at radius 1 is 0.667 bits per heavy atom. The molecular weight excluding hydrogens is 456 g/mol. The molecule has 1 atom stereocenters. The van der Waals surface area contributed by atoms with Crippen LogP contribution in [0.2, 0.25) is 12.1 Å². The van der Waals surface area contributed by atoms with Crippen LogP contribution in [-0.2, 0) is 31.9 Å². The van der Waals surface area contributed by atoms with Crippen LogP contribution >= 0.6 is 0 Å². The normalized spacial score (nSPS) is 25.2. The molecule has 0 saturated carbocycles. The van der Waals surface area contributed by atoms with Crippen molar-refractivity contribution in [2.45, 2.75) is 95.4 Å². The van der Waals surface area contributed by atoms with E-state index in [4.69, 9.17) is 31.9 Å². The molecule has 2 aliphatic rings. The molecule has 1 unspecified atom stereocenters. The van der Waals surface area contributed by atoms with Crippen molar-refractivity contribution in [2.75, 3.05) is 48.3 Å². The summed E-state index contributed by atoms with van der Waals surface area (Å²) in [6, 6.07) is 2.02. The molecule has 0 spiro atoms. The van der Waals surface area contributed by atoms with Gasteiger partial charge in [-0.25, -0.2) is 0 Å². The first kappa shape index (κ1) is 32.9. The van der Waals surface area contributed by atoms with Crippen molar-refractivity contribution in [1.82, 2.24) is 0 Å². The van der Waals surface area contributed by atoms with Gasteiger partial charge in [-0.05, 0) is 52.1 Å². The Morgan fingerprint density at radius 3 is 1.52 bits per heavy atom. The van der Waals surface area contributed by atoms with Gasteiger partial charge in [0.1, 0.15) is 5.22 Å². The van der Waals surface area contributed by atoms with Crippen molar-refractivity contribution in [1.29, 1.82) is 0 Å². The molecule has 2 saturated heterocycles. The van der Waals surface area contributed by atoms with Crippen molar-refractivity contribution in [3.8, 4) is 0 Å². The summed E-state index contributed by atoms with van der Waals surface area (Å²) in [5.74, 6) is 0. The van der Waals surface area contributed by atoms with Gasteiger partial charge in [-0.1, -0.05) is 26.2 Å². The molecule has 7 nitrogen and oxygen atoms in total. The van der Waals surface area contributed by atoms with Gasteiger partial charge in [0.15, 0.2) is 0 Å². The number of hydrogen-bond acceptors (Lipinski definition) is 7. The van der Waals surface area contributed by atoms with Crippen LogP contribution in [-0.4, -0.2) is 76.0 Å². The van der Waals surface area contributed by atoms with Crippen molar-refractivity contribution in [3.63, 3.8) is 0 Å². The summed E-state index contributed by atoms with van der Waals surface area (Å²) in [6.07, 6.45) is 7.65. The maximum absolute atomic E-state index is 6.16. The number of methoxy groups -OCH3 is 2. The first-order valence-electron chi connectivity index (χ1n) is 12.5. The fraction of sp³-hybridized carbons (Fsp3) is 0.917. The minimum atomic E-state index is -2.35. The van der Waals surface area contributed by atoms with Gasteiger partial charge in [-0.2, -0.15) is 0 Å². The predicted molar refractivity (Wildman–Crippen MR) is 139 cm³/mol. The Hall–Kier alpha value is -0.106. The maximum Gasteiger partial charge on any atom is 0.399 e. The van der Waals surface area contributed by atoms with Gasteiger partial charge in [0.05, 0.1) is 0 Å². The number of hydrogen-bond donors (Lipinski definition) is 0. The highest BCUT2D eigenvalue weighted by Gasteiger charge is 2.60. The van der Waals surface area contributed by atoms with Crippen LogP contribution in [0, 0.1) is 0 Å². The third-order valence-corrected chi connectivity index (χ3v) is 15.7. The highest BCUT2D eigenvalue weighted by Crippen LogP contribution is 2.43. The van der Waals surface area contributed by atoms with Crippen molar-refractivity contribution >= 4 is 17.1 Å². The second kappa shape index (κ2) is 16.5. The molecule has 2 heterocycles. The van der Waals surface area contributed by atoms with E-state index in [2.05, 4.69) is 40.9 Å². The van der Waals surface area contributed by atoms with Gasteiger partial charge >= 0.3 is 17.1 Å². The molecule has 0 aromatic rings. The summed E-state index contributed by atoms with van der Waals surface area (Å²) in [6.45, 7) is 16.6. The molecule has 2 rings (SSSR count). The Balaban J connectivity index is 0.000000586. The van der Waals surface area contributed by atoms with Crippen LogP contribution in [0.15, 0.2) is 13.2 Å². The smallest absolute Gasteiger partial charge is 0.395 e. The van der Waals surface area contributed by atoms with Crippen LogP contribution in [0.4, 0.5) is 0 Å². The summed E-state index contributed by atoms with van der Waals surface area (Å²) in [5.41, 5.74) is -0.630. The highest BCUT2D eigenvalue weighted by molar-refractivity contribution is 6.71. The van der Waals surface area contributed by atoms with E-state index in [0.717, 1.165) is 64.0 Å². The van der Waals surface area contributed by atoms with Crippen molar-refractivity contribution in [3.05, 3.63) is 13.2 Å². The maximum atomic E-state index is 6.16. The molecule has 0 radical (unpaired) electrons. The van der Waals surface area contributed by atoms with Crippen LogP contribution in [0.5, 0.6) is 0 Å². The van der Waals surface area contributed by atoms with E-state index in [0.29, 0.717) is 0 Å². The molecular formula is C24H52O7Si2. The monoisotopic (exact) mass is 508 g/mol. The fourth-order valence-electron chi connectivity index (χ4n) is 5.40. The SMILES string of the molecule is C=C.CCOC1(CC)CCCC[Si]1(OCC)OCC.COC1(OC)CCCC[Si]1(OC)OC. The second-order valence-electron chi connectivity index (χ2n) is 8.14. The van der Waals surface area contributed by atoms with Gasteiger partial charge in [0.25, 0.3) is 0 Å². The summed E-state index contributed by atoms with van der Waals surface area (Å²) >= 11 is 0. The van der Waals surface area contributed by atoms with Crippen molar-refractivity contribution in [2.24, 2.45) is 0 Å². The molecule has 2 aliphatic heterocycles. The van der Waals surface area contributed by atoms with Crippen molar-refractivity contribution < 1.29 is 31.9 Å². The predicted octanol–water partition coefficient (Wildman–Crippen LogP) is 5.65. The molecule has 0 aliphatic carbocycles. The Bertz CT molecular complexity index is 466. The zero-order chi connectivity index (χ0) is 25.4. The lowest BCUT2D eigenvalue weighted by Gasteiger charge is -2.49. The molecule has 0 bridgehead atoms. The number of ether oxygens (including phenoxy) is 3. The van der Waals surface area contributed by atoms with E-state index in [1.807, 2.05) is 0 Å². The third-order valence-electron chi connectivity index (χ3n) is 6.94. The summed E-state index contributed by atoms with van der Waals surface area (Å²) in [5, 5.41) is -0.119. The lowest BCUT2D eigenvalue weighted by Crippen LogP contribution is -2.65. The molecule has 0 aromatic carbocycles. The number of rotatable bonds is 11. The van der Waals surface area contributed by atoms with Crippen LogP contribution < -0.4 is 0 Å². The van der Waals surface area contributed by atoms with E-state index >= 15 is 0 Å². The average molecular weight is 509 g/mol. The quantitative estimate of drug-likeness (QED) is 0.203. The minimum Gasteiger partial charge on any atom is -0.395 e. The van der Waals surface area contributed by atoms with Crippen LogP contribution in [0.1, 0.15) is 72.6 Å². The molecule has 0 aromatic heterocycles. The summed E-state index contributed by atoms with van der Waals surface area (Å²) in [7, 11) is 2.14. The standard InChI is InChI=1S/C13H28O3Si.C9H20O4Si.C2H4/c1-5-13(14-6-2)11-9-10-12-17(13,15-7-3)16-8-4;1-10-9(11-2)7-5-6-8-14(9,12-3)13-4;1-2/h5-12H2,1-4H3;5-8H2,1-4H3;1-2H2. The third kappa shape index (κ3) is 7.21. The van der Waals surface area contributed by atoms with E-state index in [-0.39, 0.29) is 5.22 Å². The summed E-state index contributed by atoms with van der Waals surface area (Å²) < 4.78 is 40.7. The lowest BCUT2D eigenvalue weighted by molar-refractivity contribution is -0.183. The van der Waals surface area contributed by atoms with Gasteiger partial charge in [-0.15, -0.1) is 13.2 Å². The Morgan fingerprint density at radius 2 is 1.15 bits per heavy atom.